The van der Waals surface area contributed by atoms with Gasteiger partial charge in [-0.25, -0.2) is 0 Å². The molecule has 0 unspecified atom stereocenters. The molecule has 3 aliphatic carbocycles. The Labute approximate surface area is 375 Å². The number of hydrogen-bond acceptors (Lipinski definition) is 6. The standard InChI is InChI=1S/C57H42N4S2/c1-55(2)45-13-9-7-11-39(45)41-19-15-31(27-47(41)55)35-23-25-37(53-51(35)58-62-60-53)33-17-21-43-44-22-18-34(30-50(44)57(5,6)49(43)29-33)38-26-24-36(52-54(38)61-63-59-52)32-16-20-42-40-12-8-10-14-46(40)56(3,4)48(42)28-32/h7-30H,1-6H3. The van der Waals surface area contributed by atoms with E-state index in [0.29, 0.717) is 0 Å². The zero-order valence-electron chi connectivity index (χ0n) is 36.0. The molecule has 0 saturated heterocycles. The summed E-state index contributed by atoms with van der Waals surface area (Å²) in [5, 5.41) is 0. The zero-order chi connectivity index (χ0) is 42.6. The minimum Gasteiger partial charge on any atom is -0.172 e. The van der Waals surface area contributed by atoms with Crippen molar-refractivity contribution in [2.24, 2.45) is 0 Å². The third kappa shape index (κ3) is 5.02. The molecule has 0 radical (unpaired) electrons. The lowest BCUT2D eigenvalue weighted by Gasteiger charge is -2.23. The Hall–Kier alpha value is -6.60. The van der Waals surface area contributed by atoms with Crippen LogP contribution in [0.4, 0.5) is 0 Å². The zero-order valence-corrected chi connectivity index (χ0v) is 37.6. The highest BCUT2D eigenvalue weighted by Crippen LogP contribution is 2.54. The first-order valence-corrected chi connectivity index (χ1v) is 23.3. The molecule has 0 spiro atoms. The lowest BCUT2D eigenvalue weighted by Crippen LogP contribution is -2.15. The number of nitrogens with zero attached hydrogens (tertiary/aromatic N) is 4. The summed E-state index contributed by atoms with van der Waals surface area (Å²) in [6.45, 7) is 14.1. The van der Waals surface area contributed by atoms with Gasteiger partial charge in [0.25, 0.3) is 0 Å². The van der Waals surface area contributed by atoms with Crippen molar-refractivity contribution in [1.29, 1.82) is 0 Å². The van der Waals surface area contributed by atoms with Crippen LogP contribution in [0.1, 0.15) is 74.9 Å². The molecule has 2 heterocycles. The van der Waals surface area contributed by atoms with Crippen LogP contribution in [-0.2, 0) is 16.2 Å². The smallest absolute Gasteiger partial charge is 0.113 e. The maximum absolute atomic E-state index is 4.93. The van der Waals surface area contributed by atoms with E-state index >= 15 is 0 Å². The van der Waals surface area contributed by atoms with Crippen molar-refractivity contribution in [3.63, 3.8) is 0 Å². The van der Waals surface area contributed by atoms with E-state index < -0.39 is 0 Å². The molecule has 13 rings (SSSR count). The fourth-order valence-electron chi connectivity index (χ4n) is 11.5. The summed E-state index contributed by atoms with van der Waals surface area (Å²) >= 11 is 2.59. The second kappa shape index (κ2) is 12.7. The molecule has 2 aromatic heterocycles. The lowest BCUT2D eigenvalue weighted by molar-refractivity contribution is 0.660. The predicted molar refractivity (Wildman–Crippen MR) is 263 cm³/mol. The SMILES string of the molecule is CC1(C)c2ccccc2-c2ccc(-c3ccc(-c4ccc5c(c4)C(C)(C)c4cc(-c6ccc(-c7ccc8c(c7)C(C)(C)c7ccccc7-8)c7nsnc67)ccc4-5)c4nsnc34)cc21. The molecule has 10 aromatic rings. The summed E-state index contributed by atoms with van der Waals surface area (Å²) in [5.74, 6) is 0. The van der Waals surface area contributed by atoms with Gasteiger partial charge in [0.1, 0.15) is 22.1 Å². The summed E-state index contributed by atoms with van der Waals surface area (Å²) < 4.78 is 19.7. The van der Waals surface area contributed by atoms with Gasteiger partial charge in [-0.3, -0.25) is 0 Å². The number of aromatic nitrogens is 4. The lowest BCUT2D eigenvalue weighted by atomic mass is 9.80. The summed E-state index contributed by atoms with van der Waals surface area (Å²) in [4.78, 5) is 0. The molecular weight excluding hydrogens is 805 g/mol. The van der Waals surface area contributed by atoms with Gasteiger partial charge < -0.3 is 0 Å². The van der Waals surface area contributed by atoms with E-state index in [4.69, 9.17) is 17.5 Å². The Bertz CT molecular complexity index is 3380. The number of fused-ring (bicyclic) bond motifs is 11. The molecule has 0 atom stereocenters. The van der Waals surface area contributed by atoms with Crippen molar-refractivity contribution in [2.45, 2.75) is 57.8 Å². The summed E-state index contributed by atoms with van der Waals surface area (Å²) in [6.07, 6.45) is 0. The molecule has 0 N–H and O–H groups in total. The van der Waals surface area contributed by atoms with E-state index in [2.05, 4.69) is 187 Å². The Morgan fingerprint density at radius 3 is 0.810 bits per heavy atom. The molecule has 0 fully saturated rings. The molecular formula is C57H42N4S2. The highest BCUT2D eigenvalue weighted by molar-refractivity contribution is 7.00. The second-order valence-electron chi connectivity index (χ2n) is 19.3. The number of hydrogen-bond donors (Lipinski definition) is 0. The van der Waals surface area contributed by atoms with Gasteiger partial charge in [-0.15, -0.1) is 0 Å². The van der Waals surface area contributed by atoms with Gasteiger partial charge in [-0.05, 0) is 113 Å². The molecule has 302 valence electrons. The molecule has 3 aliphatic rings. The molecule has 0 aliphatic heterocycles. The summed E-state index contributed by atoms with van der Waals surface area (Å²) in [7, 11) is 0. The van der Waals surface area contributed by atoms with Gasteiger partial charge in [0.15, 0.2) is 0 Å². The first-order valence-electron chi connectivity index (χ1n) is 21.8. The van der Waals surface area contributed by atoms with E-state index in [1.165, 1.54) is 101 Å². The highest BCUT2D eigenvalue weighted by atomic mass is 32.1. The van der Waals surface area contributed by atoms with E-state index in [1.807, 2.05) is 0 Å². The van der Waals surface area contributed by atoms with Gasteiger partial charge in [-0.2, -0.15) is 17.5 Å². The monoisotopic (exact) mass is 846 g/mol. The number of rotatable bonds is 4. The van der Waals surface area contributed by atoms with Gasteiger partial charge in [0.2, 0.25) is 0 Å². The van der Waals surface area contributed by atoms with Crippen LogP contribution in [0.5, 0.6) is 0 Å². The third-order valence-electron chi connectivity index (χ3n) is 14.9. The van der Waals surface area contributed by atoms with Gasteiger partial charge in [0, 0.05) is 38.5 Å². The van der Waals surface area contributed by atoms with Crippen LogP contribution in [0.3, 0.4) is 0 Å². The van der Waals surface area contributed by atoms with E-state index in [0.717, 1.165) is 55.4 Å². The van der Waals surface area contributed by atoms with Crippen molar-refractivity contribution in [3.05, 3.63) is 179 Å². The van der Waals surface area contributed by atoms with Crippen LogP contribution in [0, 0.1) is 0 Å². The maximum Gasteiger partial charge on any atom is 0.113 e. The van der Waals surface area contributed by atoms with Crippen molar-refractivity contribution in [1.82, 2.24) is 17.5 Å². The van der Waals surface area contributed by atoms with Gasteiger partial charge >= 0.3 is 0 Å². The largest absolute Gasteiger partial charge is 0.172 e. The molecule has 8 aromatic carbocycles. The Morgan fingerprint density at radius 2 is 0.508 bits per heavy atom. The topological polar surface area (TPSA) is 51.6 Å². The fourth-order valence-corrected chi connectivity index (χ4v) is 12.6. The van der Waals surface area contributed by atoms with E-state index in [9.17, 15) is 0 Å². The molecule has 6 heteroatoms. The van der Waals surface area contributed by atoms with E-state index in [-0.39, 0.29) is 16.2 Å². The number of benzene rings is 8. The van der Waals surface area contributed by atoms with Crippen LogP contribution < -0.4 is 0 Å². The Balaban J connectivity index is 0.842. The normalized spacial score (nSPS) is 15.5. The average Bonchev–Trinajstić information content (AvgIpc) is 4.12. The predicted octanol–water partition coefficient (Wildman–Crippen LogP) is 15.3. The van der Waals surface area contributed by atoms with Crippen molar-refractivity contribution >= 4 is 45.5 Å². The molecule has 0 bridgehead atoms. The van der Waals surface area contributed by atoms with Crippen LogP contribution >= 0.6 is 23.5 Å². The van der Waals surface area contributed by atoms with Crippen molar-refractivity contribution < 1.29 is 0 Å². The molecule has 63 heavy (non-hydrogen) atoms. The molecule has 4 nitrogen and oxygen atoms in total. The van der Waals surface area contributed by atoms with Crippen LogP contribution in [0.2, 0.25) is 0 Å². The highest BCUT2D eigenvalue weighted by Gasteiger charge is 2.38. The Morgan fingerprint density at radius 1 is 0.270 bits per heavy atom. The van der Waals surface area contributed by atoms with E-state index in [1.54, 1.807) is 0 Å². The van der Waals surface area contributed by atoms with Crippen molar-refractivity contribution in [2.75, 3.05) is 0 Å². The fraction of sp³-hybridized carbons (Fsp3) is 0.158. The minimum atomic E-state index is -0.223. The molecule has 0 amide bonds. The quantitative estimate of drug-likeness (QED) is 0.177. The Kier molecular flexibility index (Phi) is 7.49. The second-order valence-corrected chi connectivity index (χ2v) is 20.3. The van der Waals surface area contributed by atoms with Crippen LogP contribution in [-0.4, -0.2) is 17.5 Å². The summed E-state index contributed by atoms with van der Waals surface area (Å²) in [5.41, 5.74) is 28.6. The summed E-state index contributed by atoms with van der Waals surface area (Å²) in [6, 6.07) is 54.4. The van der Waals surface area contributed by atoms with Crippen LogP contribution in [0.15, 0.2) is 146 Å². The van der Waals surface area contributed by atoms with Gasteiger partial charge in [0.05, 0.1) is 23.5 Å². The van der Waals surface area contributed by atoms with Gasteiger partial charge in [-0.1, -0.05) is 163 Å². The first kappa shape index (κ1) is 37.0. The molecule has 0 saturated carbocycles. The van der Waals surface area contributed by atoms with Crippen LogP contribution in [0.25, 0.3) is 100.0 Å². The average molecular weight is 847 g/mol. The van der Waals surface area contributed by atoms with Crippen molar-refractivity contribution in [3.8, 4) is 77.9 Å². The third-order valence-corrected chi connectivity index (χ3v) is 16.0. The first-order chi connectivity index (χ1) is 30.5. The maximum atomic E-state index is 4.93. The minimum absolute atomic E-state index is 0.0687.